The molecule has 2 aliphatic rings. The number of carboxylic acid groups (broad SMARTS) is 1. The fourth-order valence-corrected chi connectivity index (χ4v) is 5.92. The number of amidine groups is 1. The van der Waals surface area contributed by atoms with Crippen LogP contribution in [0.1, 0.15) is 26.4 Å². The van der Waals surface area contributed by atoms with Crippen molar-refractivity contribution in [1.82, 2.24) is 10.0 Å². The summed E-state index contributed by atoms with van der Waals surface area (Å²) in [5.74, 6) is -2.13. The zero-order valence-corrected chi connectivity index (χ0v) is 17.5. The summed E-state index contributed by atoms with van der Waals surface area (Å²) in [6.07, 6.45) is -1.98. The quantitative estimate of drug-likeness (QED) is 0.318. The van der Waals surface area contributed by atoms with Gasteiger partial charge in [0.25, 0.3) is 15.9 Å². The summed E-state index contributed by atoms with van der Waals surface area (Å²) in [5, 5.41) is 33.0. The van der Waals surface area contributed by atoms with Gasteiger partial charge in [0.15, 0.2) is 0 Å². The maximum absolute atomic E-state index is 12.2. The molecule has 0 spiro atoms. The Kier molecular flexibility index (Phi) is 5.53. The zero-order chi connectivity index (χ0) is 22.3. The van der Waals surface area contributed by atoms with Crippen LogP contribution >= 0.6 is 11.3 Å². The second-order valence-corrected chi connectivity index (χ2v) is 9.70. The second kappa shape index (κ2) is 8.01. The van der Waals surface area contributed by atoms with Crippen LogP contribution in [0.4, 0.5) is 5.00 Å². The number of nitrogens with one attached hydrogen (secondary N) is 3. The van der Waals surface area contributed by atoms with Crippen LogP contribution in [0.2, 0.25) is 0 Å². The zero-order valence-electron chi connectivity index (χ0n) is 15.8. The van der Waals surface area contributed by atoms with Gasteiger partial charge < -0.3 is 26.0 Å². The average Bonchev–Trinajstić information content (AvgIpc) is 3.20. The van der Waals surface area contributed by atoms with E-state index in [-0.39, 0.29) is 40.3 Å². The molecule has 1 amide bonds. The third kappa shape index (κ3) is 4.05. The minimum Gasteiger partial charge on any atom is -0.478 e. The van der Waals surface area contributed by atoms with E-state index in [1.807, 2.05) is 0 Å². The van der Waals surface area contributed by atoms with Crippen molar-refractivity contribution in [2.45, 2.75) is 30.2 Å². The molecule has 0 bridgehead atoms. The summed E-state index contributed by atoms with van der Waals surface area (Å²) in [6, 6.07) is 6.23. The predicted molar refractivity (Wildman–Crippen MR) is 111 cm³/mol. The molecule has 31 heavy (non-hydrogen) atoms. The summed E-state index contributed by atoms with van der Waals surface area (Å²) >= 11 is 1.05. The SMILES string of the molecule is O=C(O)c1c(NC(=O)C(O)O)sc2c1C[C@@H](CN=C1NS(=O)(=O)c3ccccc31)NC2. The second-order valence-electron chi connectivity index (χ2n) is 6.95. The van der Waals surface area contributed by atoms with Gasteiger partial charge in [-0.1, -0.05) is 12.1 Å². The van der Waals surface area contributed by atoms with Crippen LogP contribution < -0.4 is 15.4 Å². The molecule has 0 fully saturated rings. The lowest BCUT2D eigenvalue weighted by atomic mass is 9.98. The Bertz CT molecular complexity index is 1200. The Morgan fingerprint density at radius 2 is 2.03 bits per heavy atom. The molecule has 0 saturated carbocycles. The number of rotatable bonds is 5. The molecule has 4 rings (SSSR count). The molecular formula is C18H18N4O7S2. The lowest BCUT2D eigenvalue weighted by Crippen LogP contribution is -2.38. The van der Waals surface area contributed by atoms with Gasteiger partial charge in [-0.3, -0.25) is 14.5 Å². The van der Waals surface area contributed by atoms with Gasteiger partial charge in [-0.05, 0) is 24.1 Å². The lowest BCUT2D eigenvalue weighted by Gasteiger charge is -2.23. The van der Waals surface area contributed by atoms with Gasteiger partial charge in [-0.25, -0.2) is 13.2 Å². The first-order valence-electron chi connectivity index (χ1n) is 9.12. The van der Waals surface area contributed by atoms with Crippen molar-refractivity contribution < 1.29 is 33.3 Å². The van der Waals surface area contributed by atoms with Crippen LogP contribution in [0.3, 0.4) is 0 Å². The van der Waals surface area contributed by atoms with E-state index in [1.54, 1.807) is 18.2 Å². The van der Waals surface area contributed by atoms with E-state index in [1.165, 1.54) is 6.07 Å². The smallest absolute Gasteiger partial charge is 0.339 e. The molecule has 2 aromatic rings. The molecule has 0 radical (unpaired) electrons. The van der Waals surface area contributed by atoms with E-state index < -0.39 is 28.2 Å². The van der Waals surface area contributed by atoms with E-state index in [0.29, 0.717) is 22.5 Å². The van der Waals surface area contributed by atoms with Crippen molar-refractivity contribution in [2.24, 2.45) is 4.99 Å². The summed E-state index contributed by atoms with van der Waals surface area (Å²) in [4.78, 5) is 28.6. The van der Waals surface area contributed by atoms with Crippen molar-refractivity contribution in [3.8, 4) is 0 Å². The Hall–Kier alpha value is -2.84. The van der Waals surface area contributed by atoms with Crippen LogP contribution in [-0.4, -0.2) is 60.3 Å². The van der Waals surface area contributed by atoms with Gasteiger partial charge in [-0.2, -0.15) is 0 Å². The van der Waals surface area contributed by atoms with Crippen LogP contribution in [0.25, 0.3) is 0 Å². The van der Waals surface area contributed by atoms with Crippen molar-refractivity contribution in [1.29, 1.82) is 0 Å². The van der Waals surface area contributed by atoms with Crippen LogP contribution in [0.15, 0.2) is 34.2 Å². The molecule has 0 saturated heterocycles. The Balaban J connectivity index is 1.56. The van der Waals surface area contributed by atoms with E-state index in [9.17, 15) is 23.1 Å². The standard InChI is InChI=1S/C18H18N4O7S2/c23-15(18(26)27)21-16-13(17(24)25)10-5-8(19-7-11(10)30-16)6-20-14-9-3-1-2-4-12(9)31(28,29)22-14/h1-4,8,18-19,26-27H,5-7H2,(H,20,22)(H,21,23)(H,24,25)/t8-/m0/s1. The van der Waals surface area contributed by atoms with Gasteiger partial charge >= 0.3 is 5.97 Å². The molecule has 1 atom stereocenters. The number of aliphatic hydroxyl groups excluding tert-OH is 1. The van der Waals surface area contributed by atoms with E-state index in [0.717, 1.165) is 11.3 Å². The number of benzene rings is 1. The number of anilines is 1. The first-order chi connectivity index (χ1) is 14.7. The molecule has 1 aromatic heterocycles. The highest BCUT2D eigenvalue weighted by atomic mass is 32.2. The Morgan fingerprint density at radius 1 is 1.29 bits per heavy atom. The van der Waals surface area contributed by atoms with Crippen molar-refractivity contribution in [3.05, 3.63) is 45.8 Å². The van der Waals surface area contributed by atoms with Crippen molar-refractivity contribution in [3.63, 3.8) is 0 Å². The Labute approximate surface area is 180 Å². The van der Waals surface area contributed by atoms with Gasteiger partial charge in [0.1, 0.15) is 10.8 Å². The number of hydrogen-bond donors (Lipinski definition) is 6. The van der Waals surface area contributed by atoms with Crippen molar-refractivity contribution in [2.75, 3.05) is 11.9 Å². The van der Waals surface area contributed by atoms with Gasteiger partial charge in [0.2, 0.25) is 6.29 Å². The third-order valence-corrected chi connectivity index (χ3v) is 7.45. The summed E-state index contributed by atoms with van der Waals surface area (Å²) in [5.41, 5.74) is 0.907. The number of hydrogen-bond acceptors (Lipinski definition) is 9. The maximum atomic E-state index is 12.2. The van der Waals surface area contributed by atoms with Gasteiger partial charge in [-0.15, -0.1) is 11.3 Å². The number of aliphatic imine (C=N–C) groups is 1. The minimum atomic E-state index is -3.65. The number of carboxylic acids is 1. The van der Waals surface area contributed by atoms with E-state index >= 15 is 0 Å². The number of nitrogens with zero attached hydrogens (tertiary/aromatic N) is 1. The maximum Gasteiger partial charge on any atom is 0.339 e. The van der Waals surface area contributed by atoms with Crippen LogP contribution in [0.5, 0.6) is 0 Å². The topological polar surface area (TPSA) is 177 Å². The van der Waals surface area contributed by atoms with E-state index in [4.69, 9.17) is 10.2 Å². The number of carbonyl (C=O) groups excluding carboxylic acids is 1. The first-order valence-corrected chi connectivity index (χ1v) is 11.4. The molecular weight excluding hydrogens is 448 g/mol. The lowest BCUT2D eigenvalue weighted by molar-refractivity contribution is -0.141. The molecule has 13 heteroatoms. The van der Waals surface area contributed by atoms with Gasteiger partial charge in [0.05, 0.1) is 17.0 Å². The number of carbonyl (C=O) groups is 2. The largest absolute Gasteiger partial charge is 0.478 e. The normalized spacial score (nSPS) is 20.2. The summed E-state index contributed by atoms with van der Waals surface area (Å²) < 4.78 is 26.8. The average molecular weight is 466 g/mol. The first kappa shape index (κ1) is 21.4. The highest BCUT2D eigenvalue weighted by Crippen LogP contribution is 2.36. The van der Waals surface area contributed by atoms with Gasteiger partial charge in [0, 0.05) is 23.0 Å². The molecule has 1 aromatic carbocycles. The van der Waals surface area contributed by atoms with Crippen molar-refractivity contribution >= 4 is 44.1 Å². The molecule has 0 unspecified atom stereocenters. The fourth-order valence-electron chi connectivity index (χ4n) is 3.50. The predicted octanol–water partition coefficient (Wildman–Crippen LogP) is -0.551. The number of thiophene rings is 1. The molecule has 3 heterocycles. The molecule has 2 aliphatic heterocycles. The highest BCUT2D eigenvalue weighted by molar-refractivity contribution is 7.90. The molecule has 6 N–H and O–H groups in total. The number of amides is 1. The highest BCUT2D eigenvalue weighted by Gasteiger charge is 2.32. The molecule has 11 nitrogen and oxygen atoms in total. The Morgan fingerprint density at radius 3 is 2.74 bits per heavy atom. The van der Waals surface area contributed by atoms with E-state index in [2.05, 4.69) is 20.3 Å². The number of sulfonamides is 1. The van der Waals surface area contributed by atoms with Crippen LogP contribution in [0, 0.1) is 0 Å². The minimum absolute atomic E-state index is 0.0295. The number of aromatic carboxylic acids is 1. The molecule has 164 valence electrons. The van der Waals surface area contributed by atoms with Crippen LogP contribution in [-0.2, 0) is 27.8 Å². The monoisotopic (exact) mass is 466 g/mol. The third-order valence-electron chi connectivity index (χ3n) is 4.91. The summed E-state index contributed by atoms with van der Waals surface area (Å²) in [6.45, 7) is 0.521. The number of aliphatic hydroxyl groups is 2. The fraction of sp³-hybridized carbons (Fsp3) is 0.278. The summed E-state index contributed by atoms with van der Waals surface area (Å²) in [7, 11) is -3.65. The number of fused-ring (bicyclic) bond motifs is 2. The molecule has 0 aliphatic carbocycles.